The Balaban J connectivity index is 2.15. The Morgan fingerprint density at radius 3 is 2.54 bits per heavy atom. The first-order valence-electron chi connectivity index (χ1n) is 7.80. The number of carbonyl (C=O) groups excluding carboxylic acids is 1. The molecule has 128 valence electrons. The number of amides is 1. The van der Waals surface area contributed by atoms with Crippen LogP contribution in [0.25, 0.3) is 0 Å². The Labute approximate surface area is 147 Å². The van der Waals surface area contributed by atoms with Gasteiger partial charge in [0.1, 0.15) is 5.75 Å². The number of carbonyl (C=O) groups is 1. The van der Waals surface area contributed by atoms with Gasteiger partial charge in [0.25, 0.3) is 0 Å². The molecule has 2 aromatic rings. The Morgan fingerprint density at radius 1 is 1.25 bits per heavy atom. The fourth-order valence-electron chi connectivity index (χ4n) is 2.64. The van der Waals surface area contributed by atoms with Crippen molar-refractivity contribution in [2.45, 2.75) is 18.9 Å². The maximum Gasteiger partial charge on any atom is 0.227 e. The number of rotatable bonds is 7. The first-order chi connectivity index (χ1) is 11.6. The van der Waals surface area contributed by atoms with Crippen LogP contribution in [0.1, 0.15) is 23.6 Å². The molecule has 0 spiro atoms. The summed E-state index contributed by atoms with van der Waals surface area (Å²) in [6.07, 6.45) is 0.691. The lowest BCUT2D eigenvalue weighted by Crippen LogP contribution is -2.33. The number of ether oxygens (including phenoxy) is 1. The van der Waals surface area contributed by atoms with Crippen LogP contribution in [0.5, 0.6) is 5.75 Å². The molecule has 1 amide bonds. The number of likely N-dealkylation sites (N-methyl/N-ethyl adjacent to an activating group) is 1. The van der Waals surface area contributed by atoms with Crippen molar-refractivity contribution in [2.75, 3.05) is 20.8 Å². The van der Waals surface area contributed by atoms with E-state index in [4.69, 9.17) is 16.3 Å². The minimum absolute atomic E-state index is 0.0144. The molecule has 24 heavy (non-hydrogen) atoms. The highest BCUT2D eigenvalue weighted by Gasteiger charge is 2.22. The topological polar surface area (TPSA) is 49.8 Å². The molecule has 2 rings (SSSR count). The summed E-state index contributed by atoms with van der Waals surface area (Å²) in [7, 11) is 3.33. The summed E-state index contributed by atoms with van der Waals surface area (Å²) in [6, 6.07) is 14.8. The van der Waals surface area contributed by atoms with Crippen LogP contribution in [-0.2, 0) is 11.2 Å². The number of halogens is 1. The zero-order valence-electron chi connectivity index (χ0n) is 13.9. The average Bonchev–Trinajstić information content (AvgIpc) is 2.61. The molecular formula is C19H22ClNO3. The molecule has 4 nitrogen and oxygen atoms in total. The van der Waals surface area contributed by atoms with Crippen LogP contribution in [0.4, 0.5) is 0 Å². The van der Waals surface area contributed by atoms with Gasteiger partial charge in [-0.25, -0.2) is 0 Å². The van der Waals surface area contributed by atoms with Crippen LogP contribution in [-0.4, -0.2) is 36.7 Å². The van der Waals surface area contributed by atoms with Gasteiger partial charge in [0.15, 0.2) is 0 Å². The van der Waals surface area contributed by atoms with Crippen molar-refractivity contribution < 1.29 is 14.6 Å². The van der Waals surface area contributed by atoms with Crippen molar-refractivity contribution in [1.82, 2.24) is 4.90 Å². The first-order valence-corrected chi connectivity index (χ1v) is 8.18. The fourth-order valence-corrected chi connectivity index (χ4v) is 2.88. The highest BCUT2D eigenvalue weighted by Crippen LogP contribution is 2.26. The molecule has 0 bridgehead atoms. The maximum absolute atomic E-state index is 12.7. The smallest absolute Gasteiger partial charge is 0.227 e. The van der Waals surface area contributed by atoms with Crippen LogP contribution in [0.15, 0.2) is 48.5 Å². The third kappa shape index (κ3) is 4.49. The van der Waals surface area contributed by atoms with E-state index in [9.17, 15) is 9.90 Å². The van der Waals surface area contributed by atoms with E-state index in [0.717, 1.165) is 11.1 Å². The number of methoxy groups -OCH3 is 1. The van der Waals surface area contributed by atoms with Crippen molar-refractivity contribution in [3.05, 3.63) is 64.7 Å². The first kappa shape index (κ1) is 18.3. The molecule has 2 aromatic carbocycles. The number of hydrogen-bond acceptors (Lipinski definition) is 3. The summed E-state index contributed by atoms with van der Waals surface area (Å²) in [5.74, 6) is 0.608. The van der Waals surface area contributed by atoms with Gasteiger partial charge < -0.3 is 14.7 Å². The molecule has 0 aliphatic rings. The second-order valence-electron chi connectivity index (χ2n) is 5.58. The molecule has 0 heterocycles. The highest BCUT2D eigenvalue weighted by molar-refractivity contribution is 6.31. The Morgan fingerprint density at radius 2 is 1.96 bits per heavy atom. The molecule has 5 heteroatoms. The van der Waals surface area contributed by atoms with E-state index in [0.29, 0.717) is 17.2 Å². The minimum atomic E-state index is -0.166. The second kappa shape index (κ2) is 8.71. The molecule has 0 radical (unpaired) electrons. The van der Waals surface area contributed by atoms with Crippen LogP contribution in [0, 0.1) is 0 Å². The minimum Gasteiger partial charge on any atom is -0.497 e. The van der Waals surface area contributed by atoms with Crippen molar-refractivity contribution in [3.63, 3.8) is 0 Å². The van der Waals surface area contributed by atoms with E-state index in [2.05, 4.69) is 0 Å². The Bertz CT molecular complexity index is 676. The summed E-state index contributed by atoms with van der Waals surface area (Å²) in [5.41, 5.74) is 1.76. The van der Waals surface area contributed by atoms with Crippen LogP contribution < -0.4 is 4.74 Å². The lowest BCUT2D eigenvalue weighted by atomic mass is 10.0. The van der Waals surface area contributed by atoms with Crippen LogP contribution in [0.2, 0.25) is 5.02 Å². The Kier molecular flexibility index (Phi) is 6.64. The average molecular weight is 348 g/mol. The molecule has 0 aliphatic heterocycles. The predicted molar refractivity (Wildman–Crippen MR) is 95.4 cm³/mol. The van der Waals surface area contributed by atoms with Crippen molar-refractivity contribution in [1.29, 1.82) is 0 Å². The quantitative estimate of drug-likeness (QED) is 0.834. The number of aliphatic hydroxyl groups excluding tert-OH is 1. The lowest BCUT2D eigenvalue weighted by Gasteiger charge is -2.28. The van der Waals surface area contributed by atoms with Crippen LogP contribution in [0.3, 0.4) is 0 Å². The number of aliphatic hydroxyl groups is 1. The van der Waals surface area contributed by atoms with E-state index < -0.39 is 0 Å². The lowest BCUT2D eigenvalue weighted by molar-refractivity contribution is -0.131. The van der Waals surface area contributed by atoms with E-state index in [1.165, 1.54) is 0 Å². The zero-order chi connectivity index (χ0) is 17.5. The van der Waals surface area contributed by atoms with Gasteiger partial charge in [0.2, 0.25) is 5.91 Å². The monoisotopic (exact) mass is 347 g/mol. The summed E-state index contributed by atoms with van der Waals surface area (Å²) in [5, 5.41) is 9.86. The van der Waals surface area contributed by atoms with Gasteiger partial charge in [-0.3, -0.25) is 4.79 Å². The van der Waals surface area contributed by atoms with E-state index in [1.54, 1.807) is 37.3 Å². The van der Waals surface area contributed by atoms with E-state index in [1.807, 2.05) is 30.3 Å². The standard InChI is InChI=1S/C19H22ClNO3/c1-21(18(10-11-22)14-6-4-3-5-7-14)19(23)12-15-8-9-16(24-2)13-17(15)20/h3-9,13,18,22H,10-12H2,1-2H3. The third-order valence-electron chi connectivity index (χ3n) is 4.05. The normalized spacial score (nSPS) is 11.8. The van der Waals surface area contributed by atoms with Gasteiger partial charge in [0, 0.05) is 18.7 Å². The van der Waals surface area contributed by atoms with Gasteiger partial charge in [0.05, 0.1) is 19.6 Å². The van der Waals surface area contributed by atoms with Crippen molar-refractivity contribution >= 4 is 17.5 Å². The summed E-state index contributed by atoms with van der Waals surface area (Å²) in [6.45, 7) is 0.0144. The SMILES string of the molecule is COc1ccc(CC(=O)N(C)C(CCO)c2ccccc2)c(Cl)c1. The Hall–Kier alpha value is -2.04. The van der Waals surface area contributed by atoms with Crippen molar-refractivity contribution in [3.8, 4) is 5.75 Å². The number of benzene rings is 2. The maximum atomic E-state index is 12.7. The molecule has 0 aliphatic carbocycles. The summed E-state index contributed by atoms with van der Waals surface area (Å²) < 4.78 is 5.12. The van der Waals surface area contributed by atoms with Gasteiger partial charge in [-0.2, -0.15) is 0 Å². The molecule has 1 atom stereocenters. The fraction of sp³-hybridized carbons (Fsp3) is 0.316. The van der Waals surface area contributed by atoms with E-state index in [-0.39, 0.29) is 25.0 Å². The van der Waals surface area contributed by atoms with Gasteiger partial charge in [-0.05, 0) is 29.7 Å². The van der Waals surface area contributed by atoms with Crippen LogP contribution >= 0.6 is 11.6 Å². The predicted octanol–water partition coefficient (Wildman–Crippen LogP) is 3.47. The van der Waals surface area contributed by atoms with Gasteiger partial charge in [-0.1, -0.05) is 48.0 Å². The molecule has 1 unspecified atom stereocenters. The molecular weight excluding hydrogens is 326 g/mol. The second-order valence-corrected chi connectivity index (χ2v) is 5.98. The third-order valence-corrected chi connectivity index (χ3v) is 4.40. The summed E-state index contributed by atoms with van der Waals surface area (Å²) in [4.78, 5) is 14.3. The summed E-state index contributed by atoms with van der Waals surface area (Å²) >= 11 is 6.22. The largest absolute Gasteiger partial charge is 0.497 e. The molecule has 1 N–H and O–H groups in total. The number of hydrogen-bond donors (Lipinski definition) is 1. The zero-order valence-corrected chi connectivity index (χ0v) is 14.7. The number of nitrogens with zero attached hydrogens (tertiary/aromatic N) is 1. The molecule has 0 aromatic heterocycles. The highest BCUT2D eigenvalue weighted by atomic mass is 35.5. The van der Waals surface area contributed by atoms with Gasteiger partial charge in [-0.15, -0.1) is 0 Å². The molecule has 0 saturated carbocycles. The van der Waals surface area contributed by atoms with Gasteiger partial charge >= 0.3 is 0 Å². The molecule has 0 fully saturated rings. The molecule has 0 saturated heterocycles. The van der Waals surface area contributed by atoms with E-state index >= 15 is 0 Å². The van der Waals surface area contributed by atoms with Crippen molar-refractivity contribution in [2.24, 2.45) is 0 Å².